The summed E-state index contributed by atoms with van der Waals surface area (Å²) < 4.78 is 11.3. The molecule has 2 heterocycles. The van der Waals surface area contributed by atoms with Gasteiger partial charge in [0.25, 0.3) is 0 Å². The molecule has 1 aliphatic carbocycles. The van der Waals surface area contributed by atoms with Crippen LogP contribution in [-0.2, 0) is 5.54 Å². The summed E-state index contributed by atoms with van der Waals surface area (Å²) in [5, 5.41) is 3.27. The number of carbonyl (C=O) groups is 1. The molecule has 6 heteroatoms. The van der Waals surface area contributed by atoms with Gasteiger partial charge in [-0.3, -0.25) is 0 Å². The van der Waals surface area contributed by atoms with Gasteiger partial charge in [-0.25, -0.2) is 4.79 Å². The van der Waals surface area contributed by atoms with E-state index in [1.54, 1.807) is 0 Å². The summed E-state index contributed by atoms with van der Waals surface area (Å²) in [6.07, 6.45) is 1.96. The van der Waals surface area contributed by atoms with E-state index in [9.17, 15) is 4.79 Å². The topological polar surface area (TPSA) is 54.0 Å². The second-order valence-electron chi connectivity index (χ2n) is 6.79. The van der Waals surface area contributed by atoms with Gasteiger partial charge < -0.3 is 24.6 Å². The Hall–Kier alpha value is -1.95. The largest absolute Gasteiger partial charge is 0.486 e. The smallest absolute Gasteiger partial charge is 0.318 e. The lowest BCUT2D eigenvalue weighted by atomic mass is 10.0. The summed E-state index contributed by atoms with van der Waals surface area (Å²) in [4.78, 5) is 17.0. The van der Waals surface area contributed by atoms with Crippen LogP contribution in [0.3, 0.4) is 0 Å². The minimum atomic E-state index is -0.227. The van der Waals surface area contributed by atoms with Crippen molar-refractivity contribution in [2.75, 3.05) is 45.9 Å². The van der Waals surface area contributed by atoms with Gasteiger partial charge in [0.2, 0.25) is 0 Å². The van der Waals surface area contributed by atoms with E-state index >= 15 is 0 Å². The fraction of sp³-hybridized carbons (Fsp3) is 0.611. The highest BCUT2D eigenvalue weighted by Gasteiger charge is 2.47. The van der Waals surface area contributed by atoms with E-state index in [4.69, 9.17) is 9.47 Å². The number of hydrogen-bond acceptors (Lipinski definition) is 4. The Morgan fingerprint density at radius 3 is 2.50 bits per heavy atom. The molecule has 2 amide bonds. The maximum absolute atomic E-state index is 12.7. The highest BCUT2D eigenvalue weighted by atomic mass is 16.6. The summed E-state index contributed by atoms with van der Waals surface area (Å²) in [6, 6.07) is 6.08. The Kier molecular flexibility index (Phi) is 4.00. The van der Waals surface area contributed by atoms with Crippen molar-refractivity contribution in [2.24, 2.45) is 0 Å². The van der Waals surface area contributed by atoms with Crippen LogP contribution in [0.5, 0.6) is 11.5 Å². The summed E-state index contributed by atoms with van der Waals surface area (Å²) in [5.41, 5.74) is 0.890. The molecule has 2 fully saturated rings. The average molecular weight is 331 g/mol. The molecule has 0 spiro atoms. The van der Waals surface area contributed by atoms with E-state index in [0.717, 1.165) is 62.6 Å². The molecule has 6 nitrogen and oxygen atoms in total. The van der Waals surface area contributed by atoms with Crippen LogP contribution in [0.2, 0.25) is 0 Å². The molecule has 0 bridgehead atoms. The van der Waals surface area contributed by atoms with Crippen molar-refractivity contribution >= 4 is 6.03 Å². The van der Waals surface area contributed by atoms with Gasteiger partial charge in [-0.05, 0) is 37.1 Å². The van der Waals surface area contributed by atoms with Gasteiger partial charge in [-0.1, -0.05) is 13.0 Å². The molecule has 1 saturated heterocycles. The Balaban J connectivity index is 1.43. The van der Waals surface area contributed by atoms with Crippen LogP contribution in [0.25, 0.3) is 0 Å². The van der Waals surface area contributed by atoms with Crippen molar-refractivity contribution < 1.29 is 14.3 Å². The van der Waals surface area contributed by atoms with Crippen molar-refractivity contribution in [3.05, 3.63) is 23.8 Å². The SMILES string of the molecule is CCN1CCN(C(=O)NC2(c3ccc4c(c3)OCCO4)CC2)CC1. The van der Waals surface area contributed by atoms with E-state index < -0.39 is 0 Å². The Labute approximate surface area is 142 Å². The van der Waals surface area contributed by atoms with Gasteiger partial charge in [-0.15, -0.1) is 0 Å². The number of likely N-dealkylation sites (N-methyl/N-ethyl adjacent to an activating group) is 1. The molecule has 3 aliphatic rings. The first-order chi connectivity index (χ1) is 11.7. The van der Waals surface area contributed by atoms with Gasteiger partial charge in [-0.2, -0.15) is 0 Å². The summed E-state index contributed by atoms with van der Waals surface area (Å²) in [5.74, 6) is 1.58. The number of hydrogen-bond donors (Lipinski definition) is 1. The third-order valence-corrected chi connectivity index (χ3v) is 5.30. The second-order valence-corrected chi connectivity index (χ2v) is 6.79. The van der Waals surface area contributed by atoms with E-state index in [1.165, 1.54) is 0 Å². The van der Waals surface area contributed by atoms with Crippen LogP contribution < -0.4 is 14.8 Å². The van der Waals surface area contributed by atoms with E-state index in [1.807, 2.05) is 17.0 Å². The van der Waals surface area contributed by atoms with Crippen molar-refractivity contribution in [1.82, 2.24) is 15.1 Å². The average Bonchev–Trinajstić information content (AvgIpc) is 3.42. The summed E-state index contributed by atoms with van der Waals surface area (Å²) in [7, 11) is 0. The fourth-order valence-electron chi connectivity index (χ4n) is 3.50. The monoisotopic (exact) mass is 331 g/mol. The first-order valence-electron chi connectivity index (χ1n) is 8.90. The van der Waals surface area contributed by atoms with Crippen LogP contribution in [0.1, 0.15) is 25.3 Å². The maximum atomic E-state index is 12.7. The van der Waals surface area contributed by atoms with Crippen molar-refractivity contribution in [1.29, 1.82) is 0 Å². The Morgan fingerprint density at radius 1 is 1.12 bits per heavy atom. The van der Waals surface area contributed by atoms with Crippen molar-refractivity contribution in [3.63, 3.8) is 0 Å². The molecule has 0 aromatic heterocycles. The molecule has 1 saturated carbocycles. The number of nitrogens with zero attached hydrogens (tertiary/aromatic N) is 2. The summed E-state index contributed by atoms with van der Waals surface area (Å²) in [6.45, 7) is 7.92. The van der Waals surface area contributed by atoms with Crippen LogP contribution >= 0.6 is 0 Å². The van der Waals surface area contributed by atoms with Crippen LogP contribution in [-0.4, -0.2) is 61.8 Å². The zero-order valence-corrected chi connectivity index (χ0v) is 14.2. The molecule has 2 aliphatic heterocycles. The molecular formula is C18H25N3O3. The predicted octanol–water partition coefficient (Wildman–Crippen LogP) is 1.79. The number of benzene rings is 1. The number of carbonyl (C=O) groups excluding carboxylic acids is 1. The molecule has 0 atom stereocenters. The van der Waals surface area contributed by atoms with Gasteiger partial charge in [0.05, 0.1) is 5.54 Å². The molecular weight excluding hydrogens is 306 g/mol. The molecule has 1 aromatic carbocycles. The third kappa shape index (κ3) is 2.90. The molecule has 4 rings (SSSR count). The normalized spacial score (nSPS) is 22.1. The zero-order chi connectivity index (χ0) is 16.6. The van der Waals surface area contributed by atoms with E-state index in [-0.39, 0.29) is 11.6 Å². The van der Waals surface area contributed by atoms with Gasteiger partial charge >= 0.3 is 6.03 Å². The van der Waals surface area contributed by atoms with Gasteiger partial charge in [0, 0.05) is 26.2 Å². The van der Waals surface area contributed by atoms with Crippen LogP contribution in [0, 0.1) is 0 Å². The number of fused-ring (bicyclic) bond motifs is 1. The van der Waals surface area contributed by atoms with Crippen LogP contribution in [0.15, 0.2) is 18.2 Å². The molecule has 24 heavy (non-hydrogen) atoms. The lowest BCUT2D eigenvalue weighted by Gasteiger charge is -2.35. The van der Waals surface area contributed by atoms with Crippen molar-refractivity contribution in [3.8, 4) is 11.5 Å². The highest BCUT2D eigenvalue weighted by Crippen LogP contribution is 2.48. The highest BCUT2D eigenvalue weighted by molar-refractivity contribution is 5.76. The zero-order valence-electron chi connectivity index (χ0n) is 14.2. The number of amides is 2. The first-order valence-corrected chi connectivity index (χ1v) is 8.90. The third-order valence-electron chi connectivity index (χ3n) is 5.30. The standard InChI is InChI=1S/C18H25N3O3/c1-2-20-7-9-21(10-8-20)17(22)19-18(5-6-18)14-3-4-15-16(13-14)24-12-11-23-15/h3-4,13H,2,5-12H2,1H3,(H,19,22). The quantitative estimate of drug-likeness (QED) is 0.918. The molecule has 130 valence electrons. The number of nitrogens with one attached hydrogen (secondary N) is 1. The van der Waals surface area contributed by atoms with E-state index in [2.05, 4.69) is 23.2 Å². The number of piperazine rings is 1. The fourth-order valence-corrected chi connectivity index (χ4v) is 3.50. The lowest BCUT2D eigenvalue weighted by molar-refractivity contribution is 0.139. The molecule has 0 unspecified atom stereocenters. The Morgan fingerprint density at radius 2 is 1.83 bits per heavy atom. The van der Waals surface area contributed by atoms with Crippen LogP contribution in [0.4, 0.5) is 4.79 Å². The molecule has 0 radical (unpaired) electrons. The van der Waals surface area contributed by atoms with Gasteiger partial charge in [0.15, 0.2) is 11.5 Å². The number of urea groups is 1. The van der Waals surface area contributed by atoms with Crippen molar-refractivity contribution in [2.45, 2.75) is 25.3 Å². The number of ether oxygens (including phenoxy) is 2. The minimum Gasteiger partial charge on any atom is -0.486 e. The summed E-state index contributed by atoms with van der Waals surface area (Å²) >= 11 is 0. The minimum absolute atomic E-state index is 0.0538. The molecule has 1 aromatic rings. The second kappa shape index (κ2) is 6.16. The first kappa shape index (κ1) is 15.6. The number of rotatable bonds is 3. The maximum Gasteiger partial charge on any atom is 0.318 e. The lowest BCUT2D eigenvalue weighted by Crippen LogP contribution is -2.53. The van der Waals surface area contributed by atoms with Gasteiger partial charge in [0.1, 0.15) is 13.2 Å². The Bertz CT molecular complexity index is 622. The predicted molar refractivity (Wildman–Crippen MR) is 90.6 cm³/mol. The molecule has 1 N–H and O–H groups in total. The van der Waals surface area contributed by atoms with E-state index in [0.29, 0.717) is 13.2 Å².